The number of Topliss-reactive ketones (excluding diaryl/α,β-unsaturated/α-hetero) is 1. The van der Waals surface area contributed by atoms with Crippen LogP contribution in [0.2, 0.25) is 0 Å². The zero-order chi connectivity index (χ0) is 13.0. The van der Waals surface area contributed by atoms with E-state index in [1.54, 1.807) is 6.92 Å². The molecule has 1 rings (SSSR count). The summed E-state index contributed by atoms with van der Waals surface area (Å²) in [5, 5.41) is 19.2. The lowest BCUT2D eigenvalue weighted by Crippen LogP contribution is -2.23. The summed E-state index contributed by atoms with van der Waals surface area (Å²) >= 11 is 0. The summed E-state index contributed by atoms with van der Waals surface area (Å²) in [4.78, 5) is 32.4. The summed E-state index contributed by atoms with van der Waals surface area (Å²) in [7, 11) is 0. The van der Waals surface area contributed by atoms with Crippen LogP contribution in [0, 0.1) is 16.0 Å². The minimum absolute atomic E-state index is 0.134. The van der Waals surface area contributed by atoms with E-state index in [1.165, 1.54) is 24.3 Å². The van der Waals surface area contributed by atoms with Gasteiger partial charge in [0.25, 0.3) is 5.69 Å². The van der Waals surface area contributed by atoms with E-state index in [0.717, 1.165) is 0 Å². The number of ketones is 1. The van der Waals surface area contributed by atoms with Crippen LogP contribution in [0.5, 0.6) is 0 Å². The van der Waals surface area contributed by atoms with Gasteiger partial charge in [0, 0.05) is 17.7 Å². The standard InChI is InChI=1S/C11H11NO5/c1-2-9(11(14)15)10(13)7-3-5-8(6-4-7)12(16)17/h3-6,9H,2H2,1H3,(H,14,15). The van der Waals surface area contributed by atoms with Crippen molar-refractivity contribution in [1.29, 1.82) is 0 Å². The summed E-state index contributed by atoms with van der Waals surface area (Å²) in [6, 6.07) is 4.90. The first kappa shape index (κ1) is 12.8. The SMILES string of the molecule is CCC(C(=O)O)C(=O)c1ccc([N+](=O)[O-])cc1. The molecule has 0 amide bonds. The van der Waals surface area contributed by atoms with Gasteiger partial charge in [-0.05, 0) is 18.6 Å². The van der Waals surface area contributed by atoms with Gasteiger partial charge in [-0.3, -0.25) is 19.7 Å². The second-order valence-corrected chi connectivity index (χ2v) is 3.47. The molecule has 0 aliphatic rings. The molecule has 17 heavy (non-hydrogen) atoms. The number of nitrogens with zero attached hydrogens (tertiary/aromatic N) is 1. The van der Waals surface area contributed by atoms with Crippen molar-refractivity contribution in [2.75, 3.05) is 0 Å². The summed E-state index contributed by atoms with van der Waals surface area (Å²) in [6.07, 6.45) is 0.186. The van der Waals surface area contributed by atoms with Crippen LogP contribution in [0.4, 0.5) is 5.69 Å². The minimum Gasteiger partial charge on any atom is -0.481 e. The fraction of sp³-hybridized carbons (Fsp3) is 0.273. The number of rotatable bonds is 5. The van der Waals surface area contributed by atoms with Crippen LogP contribution in [0.3, 0.4) is 0 Å². The highest BCUT2D eigenvalue weighted by atomic mass is 16.6. The molecule has 90 valence electrons. The van der Waals surface area contributed by atoms with Crippen molar-refractivity contribution in [3.8, 4) is 0 Å². The molecule has 1 N–H and O–H groups in total. The summed E-state index contributed by atoms with van der Waals surface area (Å²) in [5.74, 6) is -2.82. The quantitative estimate of drug-likeness (QED) is 0.365. The molecule has 1 unspecified atom stereocenters. The van der Waals surface area contributed by atoms with Gasteiger partial charge < -0.3 is 5.11 Å². The van der Waals surface area contributed by atoms with Crippen LogP contribution in [-0.2, 0) is 4.79 Å². The van der Waals surface area contributed by atoms with E-state index in [4.69, 9.17) is 5.11 Å². The molecular formula is C11H11NO5. The maximum atomic E-state index is 11.7. The molecule has 1 aromatic rings. The maximum Gasteiger partial charge on any atom is 0.314 e. The van der Waals surface area contributed by atoms with E-state index in [0.29, 0.717) is 0 Å². The number of hydrogen-bond acceptors (Lipinski definition) is 4. The number of aliphatic carboxylic acids is 1. The van der Waals surface area contributed by atoms with Gasteiger partial charge in [0.2, 0.25) is 0 Å². The number of carboxylic acid groups (broad SMARTS) is 1. The first-order chi connectivity index (χ1) is 7.97. The second-order valence-electron chi connectivity index (χ2n) is 3.47. The smallest absolute Gasteiger partial charge is 0.314 e. The first-order valence-electron chi connectivity index (χ1n) is 4.98. The molecule has 0 fully saturated rings. The Balaban J connectivity index is 2.97. The van der Waals surface area contributed by atoms with Gasteiger partial charge in [0.1, 0.15) is 5.92 Å². The number of nitro groups is 1. The number of benzene rings is 1. The second kappa shape index (κ2) is 5.20. The summed E-state index contributed by atoms with van der Waals surface area (Å²) in [6.45, 7) is 1.60. The number of carboxylic acids is 1. The maximum absolute atomic E-state index is 11.7. The van der Waals surface area contributed by atoms with Crippen LogP contribution >= 0.6 is 0 Å². The number of hydrogen-bond donors (Lipinski definition) is 1. The zero-order valence-corrected chi connectivity index (χ0v) is 9.12. The van der Waals surface area contributed by atoms with Crippen molar-refractivity contribution in [3.05, 3.63) is 39.9 Å². The van der Waals surface area contributed by atoms with Crippen molar-refractivity contribution in [3.63, 3.8) is 0 Å². The van der Waals surface area contributed by atoms with Crippen LogP contribution in [0.25, 0.3) is 0 Å². The Labute approximate surface area is 97.0 Å². The Morgan fingerprint density at radius 3 is 2.24 bits per heavy atom. The third-order valence-electron chi connectivity index (χ3n) is 2.39. The van der Waals surface area contributed by atoms with Crippen LogP contribution in [-0.4, -0.2) is 21.8 Å². The Hall–Kier alpha value is -2.24. The molecular weight excluding hydrogens is 226 g/mol. The van der Waals surface area contributed by atoms with Crippen LogP contribution in [0.15, 0.2) is 24.3 Å². The van der Waals surface area contributed by atoms with Crippen LogP contribution in [0.1, 0.15) is 23.7 Å². The Bertz CT molecular complexity index is 451. The highest BCUT2D eigenvalue weighted by Gasteiger charge is 2.25. The first-order valence-corrected chi connectivity index (χ1v) is 4.98. The Kier molecular flexibility index (Phi) is 3.92. The molecule has 6 nitrogen and oxygen atoms in total. The van der Waals surface area contributed by atoms with E-state index >= 15 is 0 Å². The van der Waals surface area contributed by atoms with Crippen molar-refractivity contribution in [1.82, 2.24) is 0 Å². The largest absolute Gasteiger partial charge is 0.481 e. The molecule has 0 bridgehead atoms. The minimum atomic E-state index is -1.18. The number of carbonyl (C=O) groups excluding carboxylic acids is 1. The number of carbonyl (C=O) groups is 2. The highest BCUT2D eigenvalue weighted by molar-refractivity contribution is 6.08. The molecule has 0 radical (unpaired) electrons. The molecule has 0 saturated carbocycles. The molecule has 6 heteroatoms. The number of non-ortho nitro benzene ring substituents is 1. The average molecular weight is 237 g/mol. The van der Waals surface area contributed by atoms with Crippen molar-refractivity contribution < 1.29 is 19.6 Å². The highest BCUT2D eigenvalue weighted by Crippen LogP contribution is 2.16. The molecule has 0 aliphatic heterocycles. The van der Waals surface area contributed by atoms with Crippen molar-refractivity contribution in [2.24, 2.45) is 5.92 Å². The van der Waals surface area contributed by atoms with E-state index in [-0.39, 0.29) is 17.7 Å². The monoisotopic (exact) mass is 237 g/mol. The van der Waals surface area contributed by atoms with E-state index in [2.05, 4.69) is 0 Å². The average Bonchev–Trinajstić information content (AvgIpc) is 2.29. The van der Waals surface area contributed by atoms with Gasteiger partial charge in [-0.1, -0.05) is 6.92 Å². The van der Waals surface area contributed by atoms with Crippen molar-refractivity contribution in [2.45, 2.75) is 13.3 Å². The lowest BCUT2D eigenvalue weighted by atomic mass is 9.95. The topological polar surface area (TPSA) is 97.5 Å². The Morgan fingerprint density at radius 2 is 1.88 bits per heavy atom. The molecule has 0 aliphatic carbocycles. The molecule has 0 heterocycles. The normalized spacial score (nSPS) is 11.8. The summed E-state index contributed by atoms with van der Waals surface area (Å²) < 4.78 is 0. The van der Waals surface area contributed by atoms with Crippen molar-refractivity contribution >= 4 is 17.4 Å². The van der Waals surface area contributed by atoms with E-state index in [1.807, 2.05) is 0 Å². The lowest BCUT2D eigenvalue weighted by Gasteiger charge is -2.07. The zero-order valence-electron chi connectivity index (χ0n) is 9.12. The third-order valence-corrected chi connectivity index (χ3v) is 2.39. The van der Waals surface area contributed by atoms with Gasteiger partial charge in [-0.25, -0.2) is 0 Å². The van der Waals surface area contributed by atoms with Crippen LogP contribution < -0.4 is 0 Å². The van der Waals surface area contributed by atoms with Gasteiger partial charge in [-0.15, -0.1) is 0 Å². The lowest BCUT2D eigenvalue weighted by molar-refractivity contribution is -0.384. The molecule has 1 aromatic carbocycles. The van der Waals surface area contributed by atoms with Gasteiger partial charge in [0.05, 0.1) is 4.92 Å². The fourth-order valence-electron chi connectivity index (χ4n) is 1.42. The molecule has 0 aromatic heterocycles. The van der Waals surface area contributed by atoms with Gasteiger partial charge in [-0.2, -0.15) is 0 Å². The van der Waals surface area contributed by atoms with E-state index in [9.17, 15) is 19.7 Å². The molecule has 0 spiro atoms. The molecule has 0 saturated heterocycles. The predicted octanol–water partition coefficient (Wildman–Crippen LogP) is 1.89. The summed E-state index contributed by atoms with van der Waals surface area (Å²) in [5.41, 5.74) is 0.0368. The molecule has 1 atom stereocenters. The fourth-order valence-corrected chi connectivity index (χ4v) is 1.42. The predicted molar refractivity (Wildman–Crippen MR) is 58.8 cm³/mol. The van der Waals surface area contributed by atoms with Gasteiger partial charge >= 0.3 is 5.97 Å². The van der Waals surface area contributed by atoms with E-state index < -0.39 is 22.6 Å². The third kappa shape index (κ3) is 2.87. The van der Waals surface area contributed by atoms with Gasteiger partial charge in [0.15, 0.2) is 5.78 Å². The number of nitro benzene ring substituents is 1. The Morgan fingerprint density at radius 1 is 1.35 bits per heavy atom.